The molecule has 1 aliphatic rings. The summed E-state index contributed by atoms with van der Waals surface area (Å²) in [5, 5.41) is 12.8. The molecular weight excluding hydrogens is 474 g/mol. The molecule has 37 heavy (non-hydrogen) atoms. The van der Waals surface area contributed by atoms with Crippen molar-refractivity contribution in [2.45, 2.75) is 51.5 Å². The molecule has 0 aliphatic carbocycles. The molecule has 9 heteroatoms. The summed E-state index contributed by atoms with van der Waals surface area (Å²) in [6.45, 7) is 9.89. The summed E-state index contributed by atoms with van der Waals surface area (Å²) < 4.78 is 10.8. The third kappa shape index (κ3) is 7.99. The van der Waals surface area contributed by atoms with Gasteiger partial charge < -0.3 is 29.7 Å². The highest BCUT2D eigenvalue weighted by molar-refractivity contribution is 5.80. The second-order valence-corrected chi connectivity index (χ2v) is 9.85. The van der Waals surface area contributed by atoms with Gasteiger partial charge >= 0.3 is 18.2 Å². The lowest BCUT2D eigenvalue weighted by molar-refractivity contribution is -0.139. The number of piperazine rings is 1. The second kappa shape index (κ2) is 12.3. The van der Waals surface area contributed by atoms with Crippen molar-refractivity contribution < 1.29 is 29.0 Å². The van der Waals surface area contributed by atoms with E-state index in [2.05, 4.69) is 11.9 Å². The van der Waals surface area contributed by atoms with Crippen LogP contribution >= 0.6 is 0 Å². The van der Waals surface area contributed by atoms with Crippen LogP contribution in [-0.2, 0) is 20.9 Å². The summed E-state index contributed by atoms with van der Waals surface area (Å²) in [7, 11) is 0. The summed E-state index contributed by atoms with van der Waals surface area (Å²) in [6, 6.07) is 15.4. The standard InChI is InChI=1S/C28H35N3O6/c1-5-10-23(29-26(34)36-19-20-11-7-6-8-12-20)21-13-9-14-22(17-21)31-16-15-30(18-24(31)25(32)33)27(35)37-28(2,3)4/h5-9,11-14,17,23-24H,1,10,15-16,18-19H2,2-4H3,(H,29,34)(H,32,33)/t23-,24?/m0/s1. The Morgan fingerprint density at radius 3 is 2.51 bits per heavy atom. The lowest BCUT2D eigenvalue weighted by atomic mass is 10.0. The van der Waals surface area contributed by atoms with E-state index in [1.807, 2.05) is 54.6 Å². The van der Waals surface area contributed by atoms with Gasteiger partial charge in [-0.1, -0.05) is 48.5 Å². The van der Waals surface area contributed by atoms with Crippen molar-refractivity contribution in [3.05, 3.63) is 78.4 Å². The van der Waals surface area contributed by atoms with E-state index >= 15 is 0 Å². The van der Waals surface area contributed by atoms with E-state index in [4.69, 9.17) is 9.47 Å². The highest BCUT2D eigenvalue weighted by Crippen LogP contribution is 2.27. The SMILES string of the molecule is C=CC[C@H](NC(=O)OCc1ccccc1)c1cccc(N2CCN(C(=O)OC(C)(C)C)CC2C(=O)O)c1. The fraction of sp³-hybridized carbons (Fsp3) is 0.393. The number of benzene rings is 2. The molecule has 1 saturated heterocycles. The van der Waals surface area contributed by atoms with Crippen LogP contribution in [0.2, 0.25) is 0 Å². The van der Waals surface area contributed by atoms with Crippen LogP contribution in [0, 0.1) is 0 Å². The van der Waals surface area contributed by atoms with Gasteiger partial charge in [0.15, 0.2) is 0 Å². The van der Waals surface area contributed by atoms with Gasteiger partial charge in [0.25, 0.3) is 0 Å². The largest absolute Gasteiger partial charge is 0.480 e. The van der Waals surface area contributed by atoms with Gasteiger partial charge in [-0.05, 0) is 50.5 Å². The van der Waals surface area contributed by atoms with E-state index in [0.717, 1.165) is 11.1 Å². The molecule has 2 aromatic rings. The molecule has 9 nitrogen and oxygen atoms in total. The number of nitrogens with one attached hydrogen (secondary N) is 1. The van der Waals surface area contributed by atoms with Crippen LogP contribution in [-0.4, -0.2) is 59.4 Å². The van der Waals surface area contributed by atoms with E-state index in [0.29, 0.717) is 25.2 Å². The molecule has 2 aromatic carbocycles. The smallest absolute Gasteiger partial charge is 0.410 e. The average Bonchev–Trinajstić information content (AvgIpc) is 2.86. The minimum Gasteiger partial charge on any atom is -0.480 e. The molecule has 1 fully saturated rings. The summed E-state index contributed by atoms with van der Waals surface area (Å²) in [5.74, 6) is -1.04. The number of carbonyl (C=O) groups excluding carboxylic acids is 2. The van der Waals surface area contributed by atoms with Gasteiger partial charge in [0, 0.05) is 18.8 Å². The fourth-order valence-electron chi connectivity index (χ4n) is 4.07. The Kier molecular flexibility index (Phi) is 9.16. The zero-order chi connectivity index (χ0) is 27.0. The van der Waals surface area contributed by atoms with Crippen LogP contribution in [0.5, 0.6) is 0 Å². The van der Waals surface area contributed by atoms with E-state index in [1.54, 1.807) is 31.7 Å². The van der Waals surface area contributed by atoms with Crippen molar-refractivity contribution in [1.29, 1.82) is 0 Å². The first-order valence-corrected chi connectivity index (χ1v) is 12.2. The first kappa shape index (κ1) is 27.6. The number of aliphatic carboxylic acids is 1. The molecule has 1 heterocycles. The Morgan fingerprint density at radius 1 is 1.14 bits per heavy atom. The van der Waals surface area contributed by atoms with Crippen LogP contribution in [0.4, 0.5) is 15.3 Å². The number of hydrogen-bond donors (Lipinski definition) is 2. The van der Waals surface area contributed by atoms with Gasteiger partial charge in [0.1, 0.15) is 18.2 Å². The molecule has 2 N–H and O–H groups in total. The van der Waals surface area contributed by atoms with E-state index in [9.17, 15) is 19.5 Å². The first-order valence-electron chi connectivity index (χ1n) is 12.2. The van der Waals surface area contributed by atoms with E-state index in [-0.39, 0.29) is 13.2 Å². The highest BCUT2D eigenvalue weighted by atomic mass is 16.6. The van der Waals surface area contributed by atoms with E-state index in [1.165, 1.54) is 4.90 Å². The molecule has 0 saturated carbocycles. The van der Waals surface area contributed by atoms with Crippen LogP contribution in [0.3, 0.4) is 0 Å². The topological polar surface area (TPSA) is 108 Å². The number of carboxylic acids is 1. The predicted octanol–water partition coefficient (Wildman–Crippen LogP) is 4.74. The number of carboxylic acid groups (broad SMARTS) is 1. The van der Waals surface area contributed by atoms with Crippen LogP contribution in [0.25, 0.3) is 0 Å². The Labute approximate surface area is 217 Å². The summed E-state index contributed by atoms with van der Waals surface area (Å²) in [5.41, 5.74) is 1.68. The number of ether oxygens (including phenoxy) is 2. The molecule has 198 valence electrons. The van der Waals surface area contributed by atoms with E-state index < -0.39 is 35.8 Å². The lowest BCUT2D eigenvalue weighted by Gasteiger charge is -2.41. The number of amides is 2. The number of anilines is 1. The zero-order valence-electron chi connectivity index (χ0n) is 21.6. The first-order chi connectivity index (χ1) is 17.6. The number of alkyl carbamates (subject to hydrolysis) is 1. The van der Waals surface area contributed by atoms with Crippen molar-refractivity contribution in [3.8, 4) is 0 Å². The van der Waals surface area contributed by atoms with Crippen molar-refractivity contribution in [1.82, 2.24) is 10.2 Å². The van der Waals surface area contributed by atoms with Crippen LogP contribution in [0.15, 0.2) is 67.3 Å². The third-order valence-electron chi connectivity index (χ3n) is 5.83. The van der Waals surface area contributed by atoms with Crippen LogP contribution in [0.1, 0.15) is 44.4 Å². The molecule has 0 aromatic heterocycles. The number of hydrogen-bond acceptors (Lipinski definition) is 6. The van der Waals surface area contributed by atoms with Gasteiger partial charge in [-0.15, -0.1) is 6.58 Å². The summed E-state index contributed by atoms with van der Waals surface area (Å²) in [4.78, 5) is 40.3. The quantitative estimate of drug-likeness (QED) is 0.495. The van der Waals surface area contributed by atoms with Gasteiger partial charge in [-0.25, -0.2) is 14.4 Å². The molecule has 2 atom stereocenters. The molecule has 2 amide bonds. The number of carbonyl (C=O) groups is 3. The Balaban J connectivity index is 1.72. The van der Waals surface area contributed by atoms with Crippen molar-refractivity contribution >= 4 is 23.8 Å². The molecular formula is C28H35N3O6. The molecule has 3 rings (SSSR count). The maximum absolute atomic E-state index is 12.5. The number of nitrogens with zero attached hydrogens (tertiary/aromatic N) is 2. The molecule has 0 bridgehead atoms. The van der Waals surface area contributed by atoms with Gasteiger partial charge in [-0.3, -0.25) is 0 Å². The predicted molar refractivity (Wildman–Crippen MR) is 140 cm³/mol. The minimum absolute atomic E-state index is 0.00533. The lowest BCUT2D eigenvalue weighted by Crippen LogP contribution is -2.58. The maximum atomic E-state index is 12.5. The van der Waals surface area contributed by atoms with Crippen molar-refractivity contribution in [2.24, 2.45) is 0 Å². The molecule has 0 spiro atoms. The van der Waals surface area contributed by atoms with Crippen molar-refractivity contribution in [2.75, 3.05) is 24.5 Å². The monoisotopic (exact) mass is 509 g/mol. The Hall–Kier alpha value is -4.01. The van der Waals surface area contributed by atoms with Gasteiger partial charge in [0.05, 0.1) is 12.6 Å². The minimum atomic E-state index is -1.04. The second-order valence-electron chi connectivity index (χ2n) is 9.85. The number of rotatable bonds is 8. The average molecular weight is 510 g/mol. The van der Waals surface area contributed by atoms with Gasteiger partial charge in [-0.2, -0.15) is 0 Å². The molecule has 1 unspecified atom stereocenters. The fourth-order valence-corrected chi connectivity index (χ4v) is 4.07. The Bertz CT molecular complexity index is 1100. The zero-order valence-corrected chi connectivity index (χ0v) is 21.6. The normalized spacial score (nSPS) is 16.5. The maximum Gasteiger partial charge on any atom is 0.410 e. The molecule has 1 aliphatic heterocycles. The summed E-state index contributed by atoms with van der Waals surface area (Å²) in [6.07, 6.45) is 1.07. The highest BCUT2D eigenvalue weighted by Gasteiger charge is 2.36. The van der Waals surface area contributed by atoms with Gasteiger partial charge in [0.2, 0.25) is 0 Å². The van der Waals surface area contributed by atoms with Crippen LogP contribution < -0.4 is 10.2 Å². The Morgan fingerprint density at radius 2 is 1.86 bits per heavy atom. The summed E-state index contributed by atoms with van der Waals surface area (Å²) >= 11 is 0. The molecule has 0 radical (unpaired) electrons. The van der Waals surface area contributed by atoms with Crippen molar-refractivity contribution in [3.63, 3.8) is 0 Å². The third-order valence-corrected chi connectivity index (χ3v) is 5.83.